The van der Waals surface area contributed by atoms with Crippen LogP contribution in [0.4, 0.5) is 9.18 Å². The highest BCUT2D eigenvalue weighted by molar-refractivity contribution is 9.10. The van der Waals surface area contributed by atoms with Crippen LogP contribution in [0.2, 0.25) is 0 Å². The summed E-state index contributed by atoms with van der Waals surface area (Å²) < 4.78 is 26.3. The fourth-order valence-electron chi connectivity index (χ4n) is 3.32. The standard InChI is InChI=1S/C25H26BrFN2O5S/c1-24(2,3)34-23(32)29(14-15-6-9-17(33-5)10-7-15)22-28-25(4,13-20(35-22)21(30)31)18-12-16(26)8-11-19(18)27/h6-13H,14H2,1-5H3,(H,30,31)/t25-/m0/s1. The third kappa shape index (κ3) is 6.64. The molecular weight excluding hydrogens is 539 g/mol. The van der Waals surface area contributed by atoms with E-state index >= 15 is 0 Å². The normalized spacial score (nSPS) is 17.8. The summed E-state index contributed by atoms with van der Waals surface area (Å²) in [6.07, 6.45) is 0.679. The summed E-state index contributed by atoms with van der Waals surface area (Å²) in [6.45, 7) is 6.84. The number of ether oxygens (including phenoxy) is 2. The van der Waals surface area contributed by atoms with Crippen molar-refractivity contribution in [2.24, 2.45) is 4.99 Å². The number of carbonyl (C=O) groups is 2. The van der Waals surface area contributed by atoms with Crippen LogP contribution in [0.3, 0.4) is 0 Å². The minimum absolute atomic E-state index is 0.0503. The Kier molecular flexibility index (Phi) is 7.96. The zero-order valence-electron chi connectivity index (χ0n) is 20.0. The van der Waals surface area contributed by atoms with Gasteiger partial charge in [0.1, 0.15) is 22.7 Å². The Morgan fingerprint density at radius 3 is 2.43 bits per heavy atom. The second-order valence-electron chi connectivity index (χ2n) is 9.00. The first-order chi connectivity index (χ1) is 16.3. The van der Waals surface area contributed by atoms with E-state index in [1.807, 2.05) is 0 Å². The Morgan fingerprint density at radius 1 is 1.20 bits per heavy atom. The summed E-state index contributed by atoms with van der Waals surface area (Å²) in [5.41, 5.74) is -1.29. The van der Waals surface area contributed by atoms with Crippen LogP contribution in [0, 0.1) is 5.82 Å². The summed E-state index contributed by atoms with van der Waals surface area (Å²) in [7, 11) is 1.55. The van der Waals surface area contributed by atoms with E-state index in [2.05, 4.69) is 20.9 Å². The number of aliphatic imine (C=N–C) groups is 1. The SMILES string of the molecule is COc1ccc(CN(C(=O)OC(C)(C)C)C2=N[C@](C)(c3cc(Br)ccc3F)C=C(C(=O)O)S2)cc1. The van der Waals surface area contributed by atoms with Crippen LogP contribution in [0.15, 0.2) is 62.9 Å². The summed E-state index contributed by atoms with van der Waals surface area (Å²) in [6, 6.07) is 11.4. The van der Waals surface area contributed by atoms with E-state index in [1.165, 1.54) is 17.0 Å². The lowest BCUT2D eigenvalue weighted by molar-refractivity contribution is -0.131. The molecule has 7 nitrogen and oxygen atoms in total. The monoisotopic (exact) mass is 564 g/mol. The molecule has 0 radical (unpaired) electrons. The maximum atomic E-state index is 14.9. The number of hydrogen-bond donors (Lipinski definition) is 1. The number of halogens is 2. The topological polar surface area (TPSA) is 88.4 Å². The van der Waals surface area contributed by atoms with E-state index in [4.69, 9.17) is 9.47 Å². The van der Waals surface area contributed by atoms with Gasteiger partial charge in [0.15, 0.2) is 5.17 Å². The molecule has 0 fully saturated rings. The molecule has 0 spiro atoms. The Bertz CT molecular complexity index is 1190. The number of carbonyl (C=O) groups excluding carboxylic acids is 1. The second-order valence-corrected chi connectivity index (χ2v) is 10.9. The van der Waals surface area contributed by atoms with E-state index in [-0.39, 0.29) is 22.2 Å². The zero-order valence-corrected chi connectivity index (χ0v) is 22.4. The molecule has 0 saturated carbocycles. The van der Waals surface area contributed by atoms with E-state index in [9.17, 15) is 19.1 Å². The van der Waals surface area contributed by atoms with Gasteiger partial charge in [0.25, 0.3) is 0 Å². The number of hydrogen-bond acceptors (Lipinski definition) is 6. The van der Waals surface area contributed by atoms with E-state index in [1.54, 1.807) is 71.2 Å². The van der Waals surface area contributed by atoms with Gasteiger partial charge in [-0.1, -0.05) is 28.1 Å². The Balaban J connectivity index is 2.12. The van der Waals surface area contributed by atoms with Crippen molar-refractivity contribution in [1.29, 1.82) is 0 Å². The predicted octanol–water partition coefficient (Wildman–Crippen LogP) is 6.32. The number of carboxylic acids is 1. The number of amides is 1. The number of rotatable bonds is 5. The van der Waals surface area contributed by atoms with Gasteiger partial charge in [-0.25, -0.2) is 19.0 Å². The number of nitrogens with zero attached hydrogens (tertiary/aromatic N) is 2. The number of amidine groups is 1. The van der Waals surface area contributed by atoms with Crippen LogP contribution in [-0.2, 0) is 21.6 Å². The molecule has 0 aromatic heterocycles. The van der Waals surface area contributed by atoms with Gasteiger partial charge in [-0.15, -0.1) is 0 Å². The molecule has 1 amide bonds. The lowest BCUT2D eigenvalue weighted by atomic mass is 9.91. The van der Waals surface area contributed by atoms with Crippen LogP contribution in [0.1, 0.15) is 38.8 Å². The van der Waals surface area contributed by atoms with Crippen molar-refractivity contribution in [3.8, 4) is 5.75 Å². The molecule has 1 heterocycles. The molecule has 1 aliphatic rings. The third-order valence-corrected chi connectivity index (χ3v) is 6.47. The van der Waals surface area contributed by atoms with Crippen LogP contribution >= 0.6 is 27.7 Å². The van der Waals surface area contributed by atoms with Crippen molar-refractivity contribution in [3.05, 3.63) is 74.9 Å². The van der Waals surface area contributed by atoms with Crippen molar-refractivity contribution in [3.63, 3.8) is 0 Å². The summed E-state index contributed by atoms with van der Waals surface area (Å²) in [5.74, 6) is -1.11. The second kappa shape index (κ2) is 10.4. The molecule has 1 N–H and O–H groups in total. The molecule has 0 bridgehead atoms. The highest BCUT2D eigenvalue weighted by Gasteiger charge is 2.38. The highest BCUT2D eigenvalue weighted by Crippen LogP contribution is 2.40. The van der Waals surface area contributed by atoms with Crippen molar-refractivity contribution < 1.29 is 28.6 Å². The van der Waals surface area contributed by atoms with Gasteiger partial charge < -0.3 is 14.6 Å². The van der Waals surface area contributed by atoms with Gasteiger partial charge in [-0.3, -0.25) is 4.90 Å². The van der Waals surface area contributed by atoms with Crippen LogP contribution < -0.4 is 4.74 Å². The van der Waals surface area contributed by atoms with Crippen molar-refractivity contribution in [2.45, 2.75) is 45.4 Å². The number of methoxy groups -OCH3 is 1. The maximum Gasteiger partial charge on any atom is 0.416 e. The fourth-order valence-corrected chi connectivity index (χ4v) is 4.74. The van der Waals surface area contributed by atoms with Gasteiger partial charge in [-0.05, 0) is 81.4 Å². The van der Waals surface area contributed by atoms with Gasteiger partial charge in [0.2, 0.25) is 0 Å². The van der Waals surface area contributed by atoms with E-state index in [0.29, 0.717) is 10.2 Å². The first kappa shape index (κ1) is 26.7. The first-order valence-corrected chi connectivity index (χ1v) is 12.2. The minimum atomic E-state index is -1.39. The molecule has 186 valence electrons. The number of carboxylic acid groups (broad SMARTS) is 1. The lowest BCUT2D eigenvalue weighted by Crippen LogP contribution is -2.41. The number of benzene rings is 2. The molecule has 10 heteroatoms. The molecule has 0 aliphatic carbocycles. The largest absolute Gasteiger partial charge is 0.497 e. The van der Waals surface area contributed by atoms with Gasteiger partial charge in [0.05, 0.1) is 18.6 Å². The van der Waals surface area contributed by atoms with Crippen molar-refractivity contribution in [2.75, 3.05) is 7.11 Å². The Morgan fingerprint density at radius 2 is 1.86 bits per heavy atom. The van der Waals surface area contributed by atoms with Gasteiger partial charge >= 0.3 is 12.1 Å². The number of aliphatic carboxylic acids is 1. The smallest absolute Gasteiger partial charge is 0.416 e. The van der Waals surface area contributed by atoms with Gasteiger partial charge in [-0.2, -0.15) is 0 Å². The molecular formula is C25H26BrFN2O5S. The molecule has 1 atom stereocenters. The predicted molar refractivity (Wildman–Crippen MR) is 137 cm³/mol. The maximum absolute atomic E-state index is 14.9. The molecule has 2 aromatic rings. The Hall–Kier alpha value is -2.85. The minimum Gasteiger partial charge on any atom is -0.497 e. The van der Waals surface area contributed by atoms with Crippen molar-refractivity contribution >= 4 is 44.9 Å². The van der Waals surface area contributed by atoms with Crippen LogP contribution in [-0.4, -0.2) is 39.9 Å². The van der Waals surface area contributed by atoms with E-state index in [0.717, 1.165) is 17.3 Å². The molecule has 35 heavy (non-hydrogen) atoms. The third-order valence-electron chi connectivity index (χ3n) is 4.97. The quantitative estimate of drug-likeness (QED) is 0.457. The summed E-state index contributed by atoms with van der Waals surface area (Å²) in [5, 5.41) is 9.90. The number of thioether (sulfide) groups is 1. The molecule has 0 saturated heterocycles. The zero-order chi connectivity index (χ0) is 26.0. The van der Waals surface area contributed by atoms with Crippen LogP contribution in [0.25, 0.3) is 0 Å². The van der Waals surface area contributed by atoms with Crippen molar-refractivity contribution in [1.82, 2.24) is 4.90 Å². The van der Waals surface area contributed by atoms with E-state index < -0.39 is 29.0 Å². The fraction of sp³-hybridized carbons (Fsp3) is 0.320. The van der Waals surface area contributed by atoms with Gasteiger partial charge in [0, 0.05) is 10.0 Å². The summed E-state index contributed by atoms with van der Waals surface area (Å²) in [4.78, 5) is 31.2. The molecule has 3 rings (SSSR count). The van der Waals surface area contributed by atoms with Crippen LogP contribution in [0.5, 0.6) is 5.75 Å². The summed E-state index contributed by atoms with van der Waals surface area (Å²) >= 11 is 4.15. The average molecular weight is 565 g/mol. The molecule has 0 unspecified atom stereocenters. The molecule has 1 aliphatic heterocycles. The highest BCUT2D eigenvalue weighted by atomic mass is 79.9. The molecule has 2 aromatic carbocycles. The first-order valence-electron chi connectivity index (χ1n) is 10.6. The average Bonchev–Trinajstić information content (AvgIpc) is 2.77. The lowest BCUT2D eigenvalue weighted by Gasteiger charge is -2.33. The Labute approximate surface area is 216 Å².